The minimum absolute atomic E-state index is 0.00307. The van der Waals surface area contributed by atoms with E-state index >= 15 is 0 Å². The van der Waals surface area contributed by atoms with Crippen LogP contribution in [-0.4, -0.2) is 63.7 Å². The van der Waals surface area contributed by atoms with Gasteiger partial charge in [0.2, 0.25) is 5.91 Å². The van der Waals surface area contributed by atoms with Crippen LogP contribution in [0.25, 0.3) is 21.0 Å². The molecule has 2 aliphatic heterocycles. The highest BCUT2D eigenvalue weighted by atomic mass is 32.1. The largest absolute Gasteiger partial charge is 0.351 e. The maximum Gasteiger partial charge on any atom is 0.268 e. The van der Waals surface area contributed by atoms with Gasteiger partial charge in [0.05, 0.1) is 17.0 Å². The number of nitrogens with zero attached hydrogens (tertiary/aromatic N) is 2. The van der Waals surface area contributed by atoms with Crippen molar-refractivity contribution in [2.75, 3.05) is 13.1 Å². The van der Waals surface area contributed by atoms with E-state index in [0.29, 0.717) is 18.8 Å². The minimum atomic E-state index is -0.683. The van der Waals surface area contributed by atoms with Gasteiger partial charge in [0.1, 0.15) is 11.7 Å². The van der Waals surface area contributed by atoms with Crippen LogP contribution in [0.3, 0.4) is 0 Å². The number of para-hydroxylation sites is 1. The fourth-order valence-electron chi connectivity index (χ4n) is 5.63. The van der Waals surface area contributed by atoms with Gasteiger partial charge in [0.25, 0.3) is 11.8 Å². The Balaban J connectivity index is 1.17. The summed E-state index contributed by atoms with van der Waals surface area (Å²) in [5.41, 5.74) is 0.838. The molecule has 2 aliphatic rings. The average Bonchev–Trinajstić information content (AvgIpc) is 3.66. The molecule has 2 N–H and O–H groups in total. The van der Waals surface area contributed by atoms with Crippen molar-refractivity contribution in [3.8, 4) is 0 Å². The third kappa shape index (κ3) is 4.19. The molecule has 0 aliphatic carbocycles. The first kappa shape index (κ1) is 23.7. The number of hydrogen-bond donors (Lipinski definition) is 2. The maximum absolute atomic E-state index is 13.8. The fourth-order valence-corrected chi connectivity index (χ4v) is 6.65. The predicted octanol–water partition coefficient (Wildman–Crippen LogP) is 4.65. The van der Waals surface area contributed by atoms with Crippen molar-refractivity contribution in [2.24, 2.45) is 5.41 Å². The molecule has 0 spiro atoms. The zero-order valence-corrected chi connectivity index (χ0v) is 22.0. The van der Waals surface area contributed by atoms with Crippen LogP contribution in [0.2, 0.25) is 0 Å². The normalized spacial score (nSPS) is 20.1. The number of thiophene rings is 1. The highest BCUT2D eigenvalue weighted by molar-refractivity contribution is 7.20. The third-order valence-electron chi connectivity index (χ3n) is 7.58. The van der Waals surface area contributed by atoms with E-state index in [-0.39, 0.29) is 29.8 Å². The van der Waals surface area contributed by atoms with E-state index in [2.05, 4.69) is 10.3 Å². The van der Waals surface area contributed by atoms with Crippen LogP contribution in [0, 0.1) is 5.41 Å². The van der Waals surface area contributed by atoms with Gasteiger partial charge in [-0.1, -0.05) is 57.2 Å². The number of rotatable bonds is 4. The van der Waals surface area contributed by atoms with Crippen molar-refractivity contribution in [3.05, 3.63) is 71.2 Å². The number of carbonyl (C=O) groups is 3. The number of nitrogens with one attached hydrogen (secondary N) is 2. The Hall–Kier alpha value is -3.65. The number of fused-ring (bicyclic) bond motifs is 4. The summed E-state index contributed by atoms with van der Waals surface area (Å²) in [7, 11) is 0. The highest BCUT2D eigenvalue weighted by Crippen LogP contribution is 2.36. The van der Waals surface area contributed by atoms with E-state index in [4.69, 9.17) is 0 Å². The Kier molecular flexibility index (Phi) is 5.60. The summed E-state index contributed by atoms with van der Waals surface area (Å²) in [5.74, 6) is -0.339. The second-order valence-corrected chi connectivity index (χ2v) is 12.3. The van der Waals surface area contributed by atoms with Gasteiger partial charge in [0.15, 0.2) is 0 Å². The van der Waals surface area contributed by atoms with Crippen LogP contribution >= 0.6 is 11.3 Å². The first-order valence-corrected chi connectivity index (χ1v) is 13.5. The lowest BCUT2D eigenvalue weighted by Gasteiger charge is -2.39. The number of piperazine rings is 1. The Bertz CT molecular complexity index is 1460. The van der Waals surface area contributed by atoms with Crippen LogP contribution in [0.5, 0.6) is 0 Å². The van der Waals surface area contributed by atoms with E-state index in [9.17, 15) is 14.4 Å². The van der Waals surface area contributed by atoms with Gasteiger partial charge >= 0.3 is 0 Å². The van der Waals surface area contributed by atoms with Gasteiger partial charge < -0.3 is 20.1 Å². The SMILES string of the molecule is CC(C)(C)[C@H](NC(=O)c1cc2ccccc2[nH]1)C(=O)N1C[C@@H]2C[C@H]1CN2C(=O)c1cc2ccccc2s1. The van der Waals surface area contributed by atoms with Crippen LogP contribution in [0.1, 0.15) is 47.4 Å². The Morgan fingerprint density at radius 1 is 0.946 bits per heavy atom. The molecule has 2 fully saturated rings. The zero-order valence-electron chi connectivity index (χ0n) is 21.2. The molecule has 4 heterocycles. The second-order valence-electron chi connectivity index (χ2n) is 11.2. The molecule has 0 saturated carbocycles. The van der Waals surface area contributed by atoms with Gasteiger partial charge in [-0.05, 0) is 41.5 Å². The second kappa shape index (κ2) is 8.73. The summed E-state index contributed by atoms with van der Waals surface area (Å²) in [6, 6.07) is 18.8. The van der Waals surface area contributed by atoms with E-state index in [1.54, 1.807) is 0 Å². The molecule has 4 aromatic rings. The van der Waals surface area contributed by atoms with Crippen LogP contribution < -0.4 is 5.32 Å². The summed E-state index contributed by atoms with van der Waals surface area (Å²) >= 11 is 1.52. The Labute approximate surface area is 219 Å². The number of benzene rings is 2. The molecule has 190 valence electrons. The van der Waals surface area contributed by atoms with Crippen LogP contribution in [0.15, 0.2) is 60.7 Å². The summed E-state index contributed by atoms with van der Waals surface area (Å²) in [6.45, 7) is 6.91. The summed E-state index contributed by atoms with van der Waals surface area (Å²) in [6.07, 6.45) is 0.773. The Morgan fingerprint density at radius 2 is 1.62 bits per heavy atom. The lowest BCUT2D eigenvalue weighted by molar-refractivity contribution is -0.138. The summed E-state index contributed by atoms with van der Waals surface area (Å²) in [5, 5.41) is 5.03. The molecule has 2 saturated heterocycles. The molecule has 8 heteroatoms. The molecule has 6 rings (SSSR count). The van der Waals surface area contributed by atoms with Crippen molar-refractivity contribution >= 4 is 50.0 Å². The highest BCUT2D eigenvalue weighted by Gasteiger charge is 2.50. The van der Waals surface area contributed by atoms with Crippen LogP contribution in [-0.2, 0) is 4.79 Å². The lowest BCUT2D eigenvalue weighted by atomic mass is 9.85. The van der Waals surface area contributed by atoms with Crippen molar-refractivity contribution in [1.82, 2.24) is 20.1 Å². The monoisotopic (exact) mass is 514 g/mol. The van der Waals surface area contributed by atoms with Crippen molar-refractivity contribution in [2.45, 2.75) is 45.3 Å². The third-order valence-corrected chi connectivity index (χ3v) is 8.69. The van der Waals surface area contributed by atoms with E-state index < -0.39 is 11.5 Å². The number of aromatic nitrogens is 1. The quantitative estimate of drug-likeness (QED) is 0.416. The molecule has 7 nitrogen and oxygen atoms in total. The molecule has 2 aromatic carbocycles. The fraction of sp³-hybridized carbons (Fsp3) is 0.345. The lowest BCUT2D eigenvalue weighted by Crippen LogP contribution is -2.59. The maximum atomic E-state index is 13.8. The number of likely N-dealkylation sites (tertiary alicyclic amines) is 2. The van der Waals surface area contributed by atoms with Gasteiger partial charge in [-0.15, -0.1) is 11.3 Å². The molecule has 2 aromatic heterocycles. The summed E-state index contributed by atoms with van der Waals surface area (Å²) < 4.78 is 1.10. The molecule has 3 atom stereocenters. The topological polar surface area (TPSA) is 85.5 Å². The number of aromatic amines is 1. The molecular formula is C29H30N4O3S. The molecular weight excluding hydrogens is 484 g/mol. The predicted molar refractivity (Wildman–Crippen MR) is 146 cm³/mol. The number of amides is 3. The van der Waals surface area contributed by atoms with E-state index in [0.717, 1.165) is 32.3 Å². The molecule has 37 heavy (non-hydrogen) atoms. The first-order valence-electron chi connectivity index (χ1n) is 12.7. The molecule has 3 amide bonds. The summed E-state index contributed by atoms with van der Waals surface area (Å²) in [4.78, 5) is 48.0. The van der Waals surface area contributed by atoms with Crippen LogP contribution in [0.4, 0.5) is 0 Å². The molecule has 2 bridgehead atoms. The van der Waals surface area contributed by atoms with Crippen molar-refractivity contribution in [1.29, 1.82) is 0 Å². The number of carbonyl (C=O) groups excluding carboxylic acids is 3. The average molecular weight is 515 g/mol. The van der Waals surface area contributed by atoms with Crippen molar-refractivity contribution in [3.63, 3.8) is 0 Å². The van der Waals surface area contributed by atoms with E-state index in [1.165, 1.54) is 11.3 Å². The number of hydrogen-bond acceptors (Lipinski definition) is 4. The zero-order chi connectivity index (χ0) is 25.9. The van der Waals surface area contributed by atoms with Gasteiger partial charge in [-0.2, -0.15) is 0 Å². The molecule has 0 unspecified atom stereocenters. The standard InChI is InChI=1S/C29H30N4O3S/c1-29(2,3)25(31-26(34)22-12-17-8-4-6-10-21(17)30-22)28(36)33-16-19-14-20(33)15-32(19)27(35)24-13-18-9-5-7-11-23(18)37-24/h4-13,19-20,25,30H,14-16H2,1-3H3,(H,31,34)/t19-,20-,25+/m0/s1. The van der Waals surface area contributed by atoms with E-state index in [1.807, 2.05) is 91.2 Å². The molecule has 0 radical (unpaired) electrons. The Morgan fingerprint density at radius 3 is 2.30 bits per heavy atom. The van der Waals surface area contributed by atoms with Gasteiger partial charge in [-0.25, -0.2) is 0 Å². The van der Waals surface area contributed by atoms with Gasteiger partial charge in [0, 0.05) is 28.7 Å². The smallest absolute Gasteiger partial charge is 0.268 e. The van der Waals surface area contributed by atoms with Crippen molar-refractivity contribution < 1.29 is 14.4 Å². The number of H-pyrrole nitrogens is 1. The minimum Gasteiger partial charge on any atom is -0.351 e. The first-order chi connectivity index (χ1) is 17.7. The van der Waals surface area contributed by atoms with Gasteiger partial charge in [-0.3, -0.25) is 14.4 Å².